The van der Waals surface area contributed by atoms with E-state index in [1.165, 1.54) is 6.34 Å². The fraction of sp³-hybridized carbons (Fsp3) is 0.480. The summed E-state index contributed by atoms with van der Waals surface area (Å²) in [5.74, 6) is 2.19. The minimum atomic E-state index is -0.510. The van der Waals surface area contributed by atoms with Gasteiger partial charge < -0.3 is 20.1 Å². The Labute approximate surface area is 205 Å². The molecule has 0 fully saturated rings. The van der Waals surface area contributed by atoms with Crippen LogP contribution in [-0.2, 0) is 11.3 Å². The molecule has 3 N–H and O–H groups in total. The number of imidazole rings is 1. The van der Waals surface area contributed by atoms with E-state index in [4.69, 9.17) is 20.2 Å². The van der Waals surface area contributed by atoms with E-state index in [-0.39, 0.29) is 12.1 Å². The Bertz CT molecular complexity index is 1190. The third kappa shape index (κ3) is 5.70. The van der Waals surface area contributed by atoms with E-state index >= 15 is 0 Å². The predicted octanol–water partition coefficient (Wildman–Crippen LogP) is 2.92. The number of ether oxygens (including phenoxy) is 2. The minimum absolute atomic E-state index is 0.0802. The second-order valence-electron chi connectivity index (χ2n) is 9.85. The number of amidine groups is 1. The van der Waals surface area contributed by atoms with Crippen LogP contribution in [0.1, 0.15) is 52.4 Å². The van der Waals surface area contributed by atoms with E-state index in [2.05, 4.69) is 19.5 Å². The summed E-state index contributed by atoms with van der Waals surface area (Å²) in [6, 6.07) is 2.05. The van der Waals surface area contributed by atoms with Crippen molar-refractivity contribution in [2.75, 3.05) is 19.7 Å². The molecule has 0 aliphatic carbocycles. The van der Waals surface area contributed by atoms with Gasteiger partial charge in [0.25, 0.3) is 5.82 Å². The molecule has 35 heavy (non-hydrogen) atoms. The number of aromatic nitrogens is 3. The maximum Gasteiger partial charge on any atom is 0.410 e. The fourth-order valence-corrected chi connectivity index (χ4v) is 4.01. The molecule has 4 rings (SSSR count). The molecule has 186 valence electrons. The van der Waals surface area contributed by atoms with Gasteiger partial charge in [-0.2, -0.15) is 0 Å². The molecule has 0 saturated heterocycles. The van der Waals surface area contributed by atoms with E-state index in [9.17, 15) is 4.79 Å². The van der Waals surface area contributed by atoms with Crippen molar-refractivity contribution < 1.29 is 18.8 Å². The molecule has 0 spiro atoms. The van der Waals surface area contributed by atoms with Gasteiger partial charge in [-0.15, -0.1) is 0 Å². The molecule has 2 aliphatic heterocycles. The van der Waals surface area contributed by atoms with Crippen molar-refractivity contribution in [1.82, 2.24) is 14.9 Å². The van der Waals surface area contributed by atoms with Gasteiger partial charge in [-0.3, -0.25) is 9.98 Å². The number of H-pyrrole nitrogens is 1. The summed E-state index contributed by atoms with van der Waals surface area (Å²) < 4.78 is 13.6. The van der Waals surface area contributed by atoms with Crippen LogP contribution in [0.25, 0.3) is 17.0 Å². The second kappa shape index (κ2) is 9.89. The number of pyridine rings is 1. The first kappa shape index (κ1) is 24.4. The van der Waals surface area contributed by atoms with Crippen molar-refractivity contribution in [1.29, 1.82) is 0 Å². The SMILES string of the molecule is CC(C)N=C(N=CN)c1c[n+]2c([nH]1)-c1cnc(C3=CCN(C(=O)OC(C)(C)C)CC3)cc1OCC2. The highest BCUT2D eigenvalue weighted by atomic mass is 16.6. The van der Waals surface area contributed by atoms with Crippen molar-refractivity contribution in [3.05, 3.63) is 35.9 Å². The molecule has 0 atom stereocenters. The van der Waals surface area contributed by atoms with Crippen LogP contribution in [0.15, 0.2) is 34.5 Å². The molecule has 0 saturated carbocycles. The zero-order valence-electron chi connectivity index (χ0n) is 21.0. The predicted molar refractivity (Wildman–Crippen MR) is 134 cm³/mol. The molecule has 2 aromatic heterocycles. The molecule has 1 amide bonds. The molecule has 0 aromatic carbocycles. The quantitative estimate of drug-likeness (QED) is 0.397. The Morgan fingerprint density at radius 2 is 2.20 bits per heavy atom. The minimum Gasteiger partial charge on any atom is -0.488 e. The Hall–Kier alpha value is -3.69. The smallest absolute Gasteiger partial charge is 0.410 e. The fourth-order valence-electron chi connectivity index (χ4n) is 4.01. The van der Waals surface area contributed by atoms with Crippen LogP contribution in [0.4, 0.5) is 4.79 Å². The molecule has 10 nitrogen and oxygen atoms in total. The van der Waals surface area contributed by atoms with Gasteiger partial charge in [0.15, 0.2) is 0 Å². The van der Waals surface area contributed by atoms with E-state index in [0.29, 0.717) is 38.5 Å². The van der Waals surface area contributed by atoms with Crippen molar-refractivity contribution in [2.24, 2.45) is 15.7 Å². The number of carbonyl (C=O) groups is 1. The van der Waals surface area contributed by atoms with Crippen molar-refractivity contribution >= 4 is 23.8 Å². The largest absolute Gasteiger partial charge is 0.488 e. The molecular weight excluding hydrogens is 446 g/mol. The van der Waals surface area contributed by atoms with Gasteiger partial charge in [-0.1, -0.05) is 6.08 Å². The molecule has 2 aliphatic rings. The van der Waals surface area contributed by atoms with Crippen LogP contribution in [0.3, 0.4) is 0 Å². The number of nitrogens with two attached hydrogens (primary N) is 1. The molecule has 2 aromatic rings. The molecule has 0 radical (unpaired) electrons. The summed E-state index contributed by atoms with van der Waals surface area (Å²) in [7, 11) is 0. The molecule has 4 heterocycles. The van der Waals surface area contributed by atoms with Gasteiger partial charge in [-0.05, 0) is 46.6 Å². The van der Waals surface area contributed by atoms with Crippen molar-refractivity contribution in [3.63, 3.8) is 0 Å². The van der Waals surface area contributed by atoms with Crippen LogP contribution in [0, 0.1) is 0 Å². The Morgan fingerprint density at radius 3 is 2.86 bits per heavy atom. The van der Waals surface area contributed by atoms with Crippen molar-refractivity contribution in [2.45, 2.75) is 59.2 Å². The normalized spacial score (nSPS) is 16.5. The number of aromatic amines is 1. The highest BCUT2D eigenvalue weighted by molar-refractivity contribution is 6.01. The lowest BCUT2D eigenvalue weighted by Gasteiger charge is -2.29. The van der Waals surface area contributed by atoms with E-state index in [1.54, 1.807) is 4.90 Å². The lowest BCUT2D eigenvalue weighted by molar-refractivity contribution is -0.684. The lowest BCUT2D eigenvalue weighted by Crippen LogP contribution is -2.39. The number of carbonyl (C=O) groups excluding carboxylic acids is 1. The van der Waals surface area contributed by atoms with E-state index < -0.39 is 5.60 Å². The van der Waals surface area contributed by atoms with E-state index in [1.807, 2.05) is 59.2 Å². The highest BCUT2D eigenvalue weighted by Gasteiger charge is 2.28. The number of rotatable bonds is 3. The Balaban J connectivity index is 1.58. The van der Waals surface area contributed by atoms with Crippen LogP contribution in [0.2, 0.25) is 0 Å². The summed E-state index contributed by atoms with van der Waals surface area (Å²) in [6.45, 7) is 11.9. The number of aliphatic imine (C=N–C) groups is 2. The van der Waals surface area contributed by atoms with Crippen molar-refractivity contribution in [3.8, 4) is 17.1 Å². The topological polar surface area (TPSA) is 122 Å². The zero-order chi connectivity index (χ0) is 25.2. The monoisotopic (exact) mass is 480 g/mol. The summed E-state index contributed by atoms with van der Waals surface area (Å²) in [6.07, 6.45) is 7.50. The standard InChI is InChI=1S/C25H33N7O3/c1-16(2)29-22(28-15-26)20-14-32-10-11-34-21-12-19(27-13-18(21)23(32)30-20)17-6-8-31(9-7-17)24(33)35-25(3,4)5/h6,12-16H,7-11H2,1-5H3,(H2,26,28,29)/p+1. The molecule has 0 unspecified atom stereocenters. The Kier molecular flexibility index (Phi) is 6.90. The maximum atomic E-state index is 12.4. The summed E-state index contributed by atoms with van der Waals surface area (Å²) in [4.78, 5) is 31.0. The second-order valence-corrected chi connectivity index (χ2v) is 9.85. The van der Waals surface area contributed by atoms with Crippen LogP contribution in [-0.4, -0.2) is 64.5 Å². The van der Waals surface area contributed by atoms with Crippen LogP contribution in [0.5, 0.6) is 5.75 Å². The van der Waals surface area contributed by atoms with Crippen LogP contribution < -0.4 is 15.0 Å². The third-order valence-corrected chi connectivity index (χ3v) is 5.54. The summed E-state index contributed by atoms with van der Waals surface area (Å²) in [5.41, 5.74) is 8.62. The molecular formula is C25H34N7O3+. The Morgan fingerprint density at radius 1 is 1.40 bits per heavy atom. The maximum absolute atomic E-state index is 12.4. The average Bonchev–Trinajstić information content (AvgIpc) is 3.14. The number of amides is 1. The van der Waals surface area contributed by atoms with E-state index in [0.717, 1.165) is 34.1 Å². The van der Waals surface area contributed by atoms with Gasteiger partial charge in [0.1, 0.15) is 36.3 Å². The number of hydrogen-bond acceptors (Lipinski definition) is 5. The van der Waals surface area contributed by atoms with Gasteiger partial charge in [0.05, 0.1) is 12.0 Å². The van der Waals surface area contributed by atoms with Gasteiger partial charge in [0, 0.05) is 31.4 Å². The van der Waals surface area contributed by atoms with Crippen LogP contribution >= 0.6 is 0 Å². The number of nitrogens with one attached hydrogen (secondary N) is 1. The third-order valence-electron chi connectivity index (χ3n) is 5.54. The first-order valence-electron chi connectivity index (χ1n) is 11.9. The first-order chi connectivity index (χ1) is 16.6. The van der Waals surface area contributed by atoms with Gasteiger partial charge in [-0.25, -0.2) is 19.3 Å². The van der Waals surface area contributed by atoms with Gasteiger partial charge >= 0.3 is 6.09 Å². The highest BCUT2D eigenvalue weighted by Crippen LogP contribution is 2.32. The molecule has 10 heteroatoms. The number of hydrogen-bond donors (Lipinski definition) is 2. The average molecular weight is 481 g/mol. The molecule has 0 bridgehead atoms. The summed E-state index contributed by atoms with van der Waals surface area (Å²) in [5, 5.41) is 0. The summed E-state index contributed by atoms with van der Waals surface area (Å²) >= 11 is 0. The number of fused-ring (bicyclic) bond motifs is 3. The zero-order valence-corrected chi connectivity index (χ0v) is 21.0. The lowest BCUT2D eigenvalue weighted by atomic mass is 10.0. The van der Waals surface area contributed by atoms with Gasteiger partial charge in [0.2, 0.25) is 11.5 Å². The number of nitrogens with zero attached hydrogens (tertiary/aromatic N) is 5. The first-order valence-corrected chi connectivity index (χ1v) is 11.9.